The van der Waals surface area contributed by atoms with Gasteiger partial charge in [-0.3, -0.25) is 10.1 Å². The predicted molar refractivity (Wildman–Crippen MR) is 132 cm³/mol. The van der Waals surface area contributed by atoms with Gasteiger partial charge in [-0.2, -0.15) is 0 Å². The SMILES string of the molecule is CCC(C)C(NC(=O)Nc1cccc(Cl)c1Cl)C(=O)Nc1nnc(-c2ccc3c(c2)OCO3)s1. The highest BCUT2D eigenvalue weighted by atomic mass is 35.5. The second kappa shape index (κ2) is 10.5. The third-order valence-electron chi connectivity index (χ3n) is 5.26. The standard InChI is InChI=1S/C22H21Cl2N5O4S/c1-3-11(2)18(26-21(31)25-14-6-4-5-13(23)17(14)24)19(30)27-22-29-28-20(34-22)12-7-8-15-16(9-12)33-10-32-15/h4-9,11,18H,3,10H2,1-2H3,(H2,25,26,31)(H,27,29,30). The van der Waals surface area contributed by atoms with Crippen LogP contribution in [-0.4, -0.2) is 35.0 Å². The molecule has 0 bridgehead atoms. The van der Waals surface area contributed by atoms with Crippen molar-refractivity contribution >= 4 is 57.3 Å². The Bertz CT molecular complexity index is 1220. The Balaban J connectivity index is 1.44. The first-order valence-corrected chi connectivity index (χ1v) is 12.0. The van der Waals surface area contributed by atoms with Crippen LogP contribution in [0.5, 0.6) is 11.5 Å². The molecule has 3 amide bonds. The fourth-order valence-corrected chi connectivity index (χ4v) is 4.30. The summed E-state index contributed by atoms with van der Waals surface area (Å²) in [6.45, 7) is 3.98. The van der Waals surface area contributed by atoms with E-state index in [9.17, 15) is 9.59 Å². The van der Waals surface area contributed by atoms with Gasteiger partial charge in [0, 0.05) is 5.56 Å². The van der Waals surface area contributed by atoms with Gasteiger partial charge in [0.1, 0.15) is 11.0 Å². The minimum Gasteiger partial charge on any atom is -0.454 e. The zero-order chi connectivity index (χ0) is 24.2. The van der Waals surface area contributed by atoms with Crippen LogP contribution in [0.1, 0.15) is 20.3 Å². The van der Waals surface area contributed by atoms with Crippen LogP contribution in [0.25, 0.3) is 10.6 Å². The van der Waals surface area contributed by atoms with Gasteiger partial charge in [0.25, 0.3) is 0 Å². The number of hydrogen-bond acceptors (Lipinski definition) is 7. The fourth-order valence-electron chi connectivity index (χ4n) is 3.21. The number of benzene rings is 2. The van der Waals surface area contributed by atoms with E-state index in [1.165, 1.54) is 11.3 Å². The molecule has 2 atom stereocenters. The van der Waals surface area contributed by atoms with Crippen LogP contribution in [0.15, 0.2) is 36.4 Å². The maximum absolute atomic E-state index is 13.0. The number of rotatable bonds is 7. The van der Waals surface area contributed by atoms with Crippen LogP contribution in [0.2, 0.25) is 10.0 Å². The molecule has 0 aliphatic carbocycles. The largest absolute Gasteiger partial charge is 0.454 e. The van der Waals surface area contributed by atoms with Crippen LogP contribution in [0.3, 0.4) is 0 Å². The average Bonchev–Trinajstić information content (AvgIpc) is 3.49. The number of amides is 3. The third-order valence-corrected chi connectivity index (χ3v) is 6.96. The lowest BCUT2D eigenvalue weighted by Crippen LogP contribution is -2.49. The number of carbonyl (C=O) groups excluding carboxylic acids is 2. The van der Waals surface area contributed by atoms with E-state index in [0.29, 0.717) is 38.8 Å². The molecule has 1 aromatic heterocycles. The van der Waals surface area contributed by atoms with Crippen molar-refractivity contribution < 1.29 is 19.1 Å². The number of nitrogens with zero attached hydrogens (tertiary/aromatic N) is 2. The maximum atomic E-state index is 13.0. The van der Waals surface area contributed by atoms with E-state index in [2.05, 4.69) is 26.1 Å². The van der Waals surface area contributed by atoms with Gasteiger partial charge >= 0.3 is 6.03 Å². The fraction of sp³-hybridized carbons (Fsp3) is 0.273. The molecule has 12 heteroatoms. The number of urea groups is 1. The molecule has 2 heterocycles. The first-order valence-electron chi connectivity index (χ1n) is 10.4. The molecule has 3 aromatic rings. The molecule has 4 rings (SSSR count). The number of ether oxygens (including phenoxy) is 2. The zero-order valence-corrected chi connectivity index (χ0v) is 20.6. The van der Waals surface area contributed by atoms with E-state index in [-0.39, 0.29) is 17.7 Å². The predicted octanol–water partition coefficient (Wildman–Crippen LogP) is 5.42. The van der Waals surface area contributed by atoms with Crippen LogP contribution < -0.4 is 25.4 Å². The van der Waals surface area contributed by atoms with E-state index >= 15 is 0 Å². The molecule has 0 fully saturated rings. The molecule has 0 saturated carbocycles. The number of hydrogen-bond donors (Lipinski definition) is 3. The number of anilines is 2. The highest BCUT2D eigenvalue weighted by molar-refractivity contribution is 7.18. The first-order chi connectivity index (χ1) is 16.4. The lowest BCUT2D eigenvalue weighted by molar-refractivity contribution is -0.119. The summed E-state index contributed by atoms with van der Waals surface area (Å²) in [6, 6.07) is 8.94. The van der Waals surface area contributed by atoms with Crippen molar-refractivity contribution in [3.05, 3.63) is 46.4 Å². The van der Waals surface area contributed by atoms with Crippen molar-refractivity contribution in [2.45, 2.75) is 26.3 Å². The van der Waals surface area contributed by atoms with Crippen molar-refractivity contribution in [2.75, 3.05) is 17.4 Å². The van der Waals surface area contributed by atoms with E-state index < -0.39 is 18.0 Å². The van der Waals surface area contributed by atoms with Crippen molar-refractivity contribution in [3.63, 3.8) is 0 Å². The smallest absolute Gasteiger partial charge is 0.319 e. The number of carbonyl (C=O) groups is 2. The highest BCUT2D eigenvalue weighted by Gasteiger charge is 2.27. The van der Waals surface area contributed by atoms with Gasteiger partial charge < -0.3 is 20.1 Å². The minimum atomic E-state index is -0.819. The van der Waals surface area contributed by atoms with Crippen molar-refractivity contribution in [1.82, 2.24) is 15.5 Å². The number of fused-ring (bicyclic) bond motifs is 1. The molecule has 0 radical (unpaired) electrons. The second-order valence-corrected chi connectivity index (χ2v) is 9.30. The third kappa shape index (κ3) is 5.35. The quantitative estimate of drug-likeness (QED) is 0.382. The second-order valence-electron chi connectivity index (χ2n) is 7.53. The molecule has 2 aromatic carbocycles. The summed E-state index contributed by atoms with van der Waals surface area (Å²) in [5, 5.41) is 17.8. The number of nitrogens with one attached hydrogen (secondary N) is 3. The van der Waals surface area contributed by atoms with Gasteiger partial charge in [0.2, 0.25) is 17.8 Å². The van der Waals surface area contributed by atoms with Gasteiger partial charge in [-0.15, -0.1) is 10.2 Å². The molecular weight excluding hydrogens is 501 g/mol. The highest BCUT2D eigenvalue weighted by Crippen LogP contribution is 2.37. The van der Waals surface area contributed by atoms with Crippen LogP contribution in [0, 0.1) is 5.92 Å². The van der Waals surface area contributed by atoms with Crippen molar-refractivity contribution in [1.29, 1.82) is 0 Å². The number of halogens is 2. The lowest BCUT2D eigenvalue weighted by atomic mass is 9.98. The molecule has 0 saturated heterocycles. The normalized spacial score (nSPS) is 13.8. The summed E-state index contributed by atoms with van der Waals surface area (Å²) >= 11 is 13.3. The summed E-state index contributed by atoms with van der Waals surface area (Å²) in [4.78, 5) is 25.6. The minimum absolute atomic E-state index is 0.151. The van der Waals surface area contributed by atoms with Crippen molar-refractivity contribution in [2.24, 2.45) is 5.92 Å². The molecule has 3 N–H and O–H groups in total. The van der Waals surface area contributed by atoms with Gasteiger partial charge in [0.05, 0.1) is 15.7 Å². The van der Waals surface area contributed by atoms with Gasteiger partial charge in [-0.05, 0) is 36.2 Å². The Kier molecular flexibility index (Phi) is 7.40. The molecule has 1 aliphatic heterocycles. The summed E-state index contributed by atoms with van der Waals surface area (Å²) in [5.74, 6) is 0.739. The molecule has 34 heavy (non-hydrogen) atoms. The summed E-state index contributed by atoms with van der Waals surface area (Å²) in [6.07, 6.45) is 0.662. The lowest BCUT2D eigenvalue weighted by Gasteiger charge is -2.23. The first kappa shape index (κ1) is 24.1. The Morgan fingerprint density at radius 1 is 1.12 bits per heavy atom. The van der Waals surface area contributed by atoms with E-state index in [1.807, 2.05) is 26.0 Å². The van der Waals surface area contributed by atoms with Crippen LogP contribution in [-0.2, 0) is 4.79 Å². The number of aromatic nitrogens is 2. The average molecular weight is 522 g/mol. The Hall–Kier alpha value is -3.08. The summed E-state index contributed by atoms with van der Waals surface area (Å²) in [5.41, 5.74) is 1.13. The molecule has 0 spiro atoms. The molecular formula is C22H21Cl2N5O4S. The molecule has 1 aliphatic rings. The van der Waals surface area contributed by atoms with Gasteiger partial charge in [0.15, 0.2) is 11.5 Å². The van der Waals surface area contributed by atoms with Gasteiger partial charge in [-0.25, -0.2) is 4.79 Å². The molecule has 2 unspecified atom stereocenters. The van der Waals surface area contributed by atoms with Crippen LogP contribution in [0.4, 0.5) is 15.6 Å². The monoisotopic (exact) mass is 521 g/mol. The zero-order valence-electron chi connectivity index (χ0n) is 18.2. The van der Waals surface area contributed by atoms with Gasteiger partial charge in [-0.1, -0.05) is 60.9 Å². The van der Waals surface area contributed by atoms with Crippen molar-refractivity contribution in [3.8, 4) is 22.1 Å². The van der Waals surface area contributed by atoms with E-state index in [0.717, 1.165) is 5.56 Å². The van der Waals surface area contributed by atoms with E-state index in [4.69, 9.17) is 32.7 Å². The summed E-state index contributed by atoms with van der Waals surface area (Å²) < 4.78 is 10.7. The maximum Gasteiger partial charge on any atom is 0.319 e. The molecule has 9 nitrogen and oxygen atoms in total. The Labute approximate surface area is 209 Å². The Morgan fingerprint density at radius 2 is 1.91 bits per heavy atom. The van der Waals surface area contributed by atoms with E-state index in [1.54, 1.807) is 24.3 Å². The van der Waals surface area contributed by atoms with Crippen LogP contribution >= 0.6 is 34.5 Å². The Morgan fingerprint density at radius 3 is 2.71 bits per heavy atom. The molecule has 178 valence electrons. The summed E-state index contributed by atoms with van der Waals surface area (Å²) in [7, 11) is 0. The topological polar surface area (TPSA) is 114 Å².